The molecular weight excluding hydrogens is 413 g/mol. The Morgan fingerprint density at radius 3 is 2.42 bits per heavy atom. The van der Waals surface area contributed by atoms with Crippen LogP contribution in [0.5, 0.6) is 5.75 Å². The van der Waals surface area contributed by atoms with Crippen molar-refractivity contribution >= 4 is 16.6 Å². The zero-order valence-electron chi connectivity index (χ0n) is 18.9. The molecule has 0 saturated heterocycles. The molecular formula is C28H24FN3O. The number of hydrogen-bond donors (Lipinski definition) is 0. The summed E-state index contributed by atoms with van der Waals surface area (Å²) in [4.78, 5) is 9.25. The van der Waals surface area contributed by atoms with Crippen LogP contribution >= 0.6 is 0 Å². The van der Waals surface area contributed by atoms with Crippen LogP contribution in [0.2, 0.25) is 0 Å². The van der Waals surface area contributed by atoms with E-state index < -0.39 is 0 Å². The van der Waals surface area contributed by atoms with Gasteiger partial charge in [0.2, 0.25) is 0 Å². The number of pyridine rings is 1. The SMILES string of the molecule is CN=C(c1ccc(C#N)cc1)c1c(C)cnc2cc(OC)c(CCc3ccc(F)cc3)cc12. The van der Waals surface area contributed by atoms with Crippen molar-refractivity contribution in [2.75, 3.05) is 14.2 Å². The van der Waals surface area contributed by atoms with Gasteiger partial charge >= 0.3 is 0 Å². The highest BCUT2D eigenvalue weighted by molar-refractivity contribution is 6.20. The highest BCUT2D eigenvalue weighted by atomic mass is 19.1. The first kappa shape index (κ1) is 22.2. The van der Waals surface area contributed by atoms with Crippen molar-refractivity contribution in [2.45, 2.75) is 19.8 Å². The zero-order chi connectivity index (χ0) is 23.4. The summed E-state index contributed by atoms with van der Waals surface area (Å²) in [5, 5.41) is 10.1. The van der Waals surface area contributed by atoms with Crippen LogP contribution in [0.25, 0.3) is 10.9 Å². The number of hydrogen-bond acceptors (Lipinski definition) is 4. The van der Waals surface area contributed by atoms with Crippen LogP contribution in [-0.2, 0) is 12.8 Å². The Morgan fingerprint density at radius 2 is 1.79 bits per heavy atom. The fourth-order valence-electron chi connectivity index (χ4n) is 4.08. The van der Waals surface area contributed by atoms with E-state index in [1.54, 1.807) is 26.3 Å². The van der Waals surface area contributed by atoms with Crippen LogP contribution in [0.3, 0.4) is 0 Å². The lowest BCUT2D eigenvalue weighted by atomic mass is 9.92. The molecule has 5 heteroatoms. The van der Waals surface area contributed by atoms with Gasteiger partial charge in [-0.3, -0.25) is 9.98 Å². The number of nitriles is 1. The van der Waals surface area contributed by atoms with Gasteiger partial charge in [0.05, 0.1) is 30.0 Å². The van der Waals surface area contributed by atoms with Gasteiger partial charge in [0, 0.05) is 35.8 Å². The fraction of sp³-hybridized carbons (Fsp3) is 0.179. The quantitative estimate of drug-likeness (QED) is 0.357. The first-order valence-corrected chi connectivity index (χ1v) is 10.7. The van der Waals surface area contributed by atoms with E-state index in [9.17, 15) is 4.39 Å². The van der Waals surface area contributed by atoms with Gasteiger partial charge in [0.25, 0.3) is 0 Å². The van der Waals surface area contributed by atoms with Gasteiger partial charge in [-0.25, -0.2) is 4.39 Å². The molecule has 3 aromatic carbocycles. The third-order valence-corrected chi connectivity index (χ3v) is 5.80. The van der Waals surface area contributed by atoms with Crippen molar-refractivity contribution in [2.24, 2.45) is 4.99 Å². The lowest BCUT2D eigenvalue weighted by Gasteiger charge is -2.16. The summed E-state index contributed by atoms with van der Waals surface area (Å²) < 4.78 is 18.9. The lowest BCUT2D eigenvalue weighted by Crippen LogP contribution is -2.08. The predicted molar refractivity (Wildman–Crippen MR) is 130 cm³/mol. The third kappa shape index (κ3) is 4.61. The van der Waals surface area contributed by atoms with E-state index in [4.69, 9.17) is 10.00 Å². The van der Waals surface area contributed by atoms with E-state index in [0.29, 0.717) is 5.56 Å². The summed E-state index contributed by atoms with van der Waals surface area (Å²) in [6.07, 6.45) is 3.36. The molecule has 0 aliphatic heterocycles. The van der Waals surface area contributed by atoms with Gasteiger partial charge in [0.15, 0.2) is 0 Å². The molecule has 4 rings (SSSR count). The monoisotopic (exact) mass is 437 g/mol. The molecule has 0 radical (unpaired) electrons. The van der Waals surface area contributed by atoms with Crippen molar-refractivity contribution < 1.29 is 9.13 Å². The molecule has 0 amide bonds. The smallest absolute Gasteiger partial charge is 0.124 e. The summed E-state index contributed by atoms with van der Waals surface area (Å²) in [7, 11) is 3.44. The van der Waals surface area contributed by atoms with Crippen molar-refractivity contribution in [1.29, 1.82) is 5.26 Å². The first-order chi connectivity index (χ1) is 16.0. The van der Waals surface area contributed by atoms with Gasteiger partial charge in [-0.1, -0.05) is 24.3 Å². The van der Waals surface area contributed by atoms with E-state index >= 15 is 0 Å². The molecule has 0 unspecified atom stereocenters. The van der Waals surface area contributed by atoms with Crippen LogP contribution in [0.15, 0.2) is 71.9 Å². The number of halogens is 1. The molecule has 0 aliphatic carbocycles. The van der Waals surface area contributed by atoms with E-state index in [2.05, 4.69) is 22.1 Å². The zero-order valence-corrected chi connectivity index (χ0v) is 18.9. The summed E-state index contributed by atoms with van der Waals surface area (Å²) in [6.45, 7) is 2.03. The van der Waals surface area contributed by atoms with Gasteiger partial charge in [-0.2, -0.15) is 5.26 Å². The standard InChI is InChI=1S/C28H24FN3O/c1-18-17-32-25-15-26(33-3)22(11-4-19-7-12-23(29)13-8-19)14-24(25)27(18)28(31-2)21-9-5-20(16-30)6-10-21/h5-10,12-15,17H,4,11H2,1-3H3. The van der Waals surface area contributed by atoms with Crippen LogP contribution in [0.1, 0.15) is 33.4 Å². The molecule has 0 fully saturated rings. The van der Waals surface area contributed by atoms with E-state index in [-0.39, 0.29) is 5.82 Å². The molecule has 4 nitrogen and oxygen atoms in total. The molecule has 33 heavy (non-hydrogen) atoms. The molecule has 0 spiro atoms. The number of aliphatic imine (C=N–C) groups is 1. The number of fused-ring (bicyclic) bond motifs is 1. The van der Waals surface area contributed by atoms with Gasteiger partial charge in [0.1, 0.15) is 11.6 Å². The number of benzene rings is 3. The van der Waals surface area contributed by atoms with Crippen molar-refractivity contribution in [3.8, 4) is 11.8 Å². The third-order valence-electron chi connectivity index (χ3n) is 5.80. The van der Waals surface area contributed by atoms with Crippen molar-refractivity contribution in [3.05, 3.63) is 106 Å². The minimum atomic E-state index is -0.234. The maximum atomic E-state index is 13.3. The van der Waals surface area contributed by atoms with Crippen molar-refractivity contribution in [1.82, 2.24) is 4.98 Å². The first-order valence-electron chi connectivity index (χ1n) is 10.7. The summed E-state index contributed by atoms with van der Waals surface area (Å²) >= 11 is 0. The Morgan fingerprint density at radius 1 is 1.06 bits per heavy atom. The number of aryl methyl sites for hydroxylation is 3. The lowest BCUT2D eigenvalue weighted by molar-refractivity contribution is 0.410. The van der Waals surface area contributed by atoms with Gasteiger partial charge in [-0.15, -0.1) is 0 Å². The molecule has 1 aromatic heterocycles. The van der Waals surface area contributed by atoms with Gasteiger partial charge < -0.3 is 4.74 Å². The number of aromatic nitrogens is 1. The second-order valence-electron chi connectivity index (χ2n) is 7.89. The number of nitrogens with zero attached hydrogens (tertiary/aromatic N) is 3. The molecule has 0 N–H and O–H groups in total. The largest absolute Gasteiger partial charge is 0.496 e. The maximum absolute atomic E-state index is 13.3. The normalized spacial score (nSPS) is 11.4. The molecule has 4 aromatic rings. The molecule has 0 saturated carbocycles. The van der Waals surface area contributed by atoms with Crippen LogP contribution in [0, 0.1) is 24.1 Å². The van der Waals surface area contributed by atoms with Gasteiger partial charge in [-0.05, 0) is 66.8 Å². The fourth-order valence-corrected chi connectivity index (χ4v) is 4.08. The summed E-state index contributed by atoms with van der Waals surface area (Å²) in [5.74, 6) is 0.544. The Kier molecular flexibility index (Phi) is 6.46. The van der Waals surface area contributed by atoms with E-state index in [1.807, 2.05) is 43.5 Å². The highest BCUT2D eigenvalue weighted by Gasteiger charge is 2.17. The number of rotatable bonds is 6. The Hall–Kier alpha value is -4.04. The van der Waals surface area contributed by atoms with Crippen molar-refractivity contribution in [3.63, 3.8) is 0 Å². The second-order valence-corrected chi connectivity index (χ2v) is 7.89. The molecule has 0 bridgehead atoms. The van der Waals surface area contributed by atoms with Crippen LogP contribution in [-0.4, -0.2) is 24.9 Å². The van der Waals surface area contributed by atoms with Crippen LogP contribution < -0.4 is 4.74 Å². The topological polar surface area (TPSA) is 58.3 Å². The van der Waals surface area contributed by atoms with E-state index in [1.165, 1.54) is 12.1 Å². The molecule has 1 heterocycles. The second kappa shape index (κ2) is 9.62. The number of methoxy groups -OCH3 is 1. The Bertz CT molecular complexity index is 1370. The number of ether oxygens (including phenoxy) is 1. The Labute approximate surface area is 193 Å². The Balaban J connectivity index is 1.80. The minimum absolute atomic E-state index is 0.234. The van der Waals surface area contributed by atoms with Crippen LogP contribution in [0.4, 0.5) is 4.39 Å². The molecule has 164 valence electrons. The van der Waals surface area contributed by atoms with E-state index in [0.717, 1.165) is 63.0 Å². The summed E-state index contributed by atoms with van der Waals surface area (Å²) in [6, 6.07) is 20.3. The predicted octanol–water partition coefficient (Wildman–Crippen LogP) is 5.82. The molecule has 0 atom stereocenters. The highest BCUT2D eigenvalue weighted by Crippen LogP contribution is 2.31. The minimum Gasteiger partial charge on any atom is -0.496 e. The summed E-state index contributed by atoms with van der Waals surface area (Å²) in [5.41, 5.74) is 7.37. The average Bonchev–Trinajstić information content (AvgIpc) is 2.85. The maximum Gasteiger partial charge on any atom is 0.124 e. The molecule has 0 aliphatic rings. The average molecular weight is 438 g/mol.